The first kappa shape index (κ1) is 13.6. The molecule has 0 saturated carbocycles. The van der Waals surface area contributed by atoms with Gasteiger partial charge >= 0.3 is 5.97 Å². The molecule has 1 N–H and O–H groups in total. The van der Waals surface area contributed by atoms with E-state index in [0.29, 0.717) is 5.56 Å². The quantitative estimate of drug-likeness (QED) is 0.902. The fourth-order valence-corrected chi connectivity index (χ4v) is 4.06. The molecule has 20 heavy (non-hydrogen) atoms. The highest BCUT2D eigenvalue weighted by molar-refractivity contribution is 9.10. The molecule has 1 aliphatic rings. The number of benzene rings is 1. The topological polar surface area (TPSA) is 40.5 Å². The Morgan fingerprint density at radius 3 is 2.95 bits per heavy atom. The Morgan fingerprint density at radius 2 is 2.25 bits per heavy atom. The Balaban J connectivity index is 1.88. The van der Waals surface area contributed by atoms with E-state index in [0.717, 1.165) is 36.0 Å². The molecule has 0 aliphatic carbocycles. The van der Waals surface area contributed by atoms with Crippen molar-refractivity contribution in [3.8, 4) is 0 Å². The maximum absolute atomic E-state index is 11.0. The van der Waals surface area contributed by atoms with Gasteiger partial charge in [-0.2, -0.15) is 0 Å². The van der Waals surface area contributed by atoms with Gasteiger partial charge in [0.2, 0.25) is 0 Å². The number of anilines is 1. The summed E-state index contributed by atoms with van der Waals surface area (Å²) in [4.78, 5) is 14.7. The van der Waals surface area contributed by atoms with Gasteiger partial charge < -0.3 is 10.0 Å². The predicted molar refractivity (Wildman–Crippen MR) is 84.8 cm³/mol. The summed E-state index contributed by atoms with van der Waals surface area (Å²) >= 11 is 5.22. The van der Waals surface area contributed by atoms with Crippen molar-refractivity contribution < 1.29 is 9.90 Å². The Morgan fingerprint density at radius 1 is 1.40 bits per heavy atom. The number of aromatic carboxylic acids is 1. The van der Waals surface area contributed by atoms with Gasteiger partial charge in [0.05, 0.1) is 12.1 Å². The summed E-state index contributed by atoms with van der Waals surface area (Å²) in [6, 6.07) is 7.60. The van der Waals surface area contributed by atoms with Crippen LogP contribution >= 0.6 is 27.3 Å². The van der Waals surface area contributed by atoms with Crippen LogP contribution in [0.25, 0.3) is 0 Å². The summed E-state index contributed by atoms with van der Waals surface area (Å²) in [6.07, 6.45) is 2.03. The minimum absolute atomic E-state index is 0.379. The summed E-state index contributed by atoms with van der Waals surface area (Å²) < 4.78 is 1.12. The zero-order valence-electron chi connectivity index (χ0n) is 10.8. The van der Waals surface area contributed by atoms with E-state index in [1.54, 1.807) is 17.4 Å². The van der Waals surface area contributed by atoms with Gasteiger partial charge in [0.25, 0.3) is 0 Å². The molecule has 0 unspecified atom stereocenters. The van der Waals surface area contributed by atoms with Crippen molar-refractivity contribution >= 4 is 38.9 Å². The Kier molecular flexibility index (Phi) is 3.81. The summed E-state index contributed by atoms with van der Waals surface area (Å²) in [5.41, 5.74) is 2.70. The first-order valence-corrected chi connectivity index (χ1v) is 8.15. The fourth-order valence-electron chi connectivity index (χ4n) is 2.60. The van der Waals surface area contributed by atoms with Gasteiger partial charge in [-0.05, 0) is 58.6 Å². The van der Waals surface area contributed by atoms with Crippen molar-refractivity contribution in [1.29, 1.82) is 0 Å². The highest BCUT2D eigenvalue weighted by Gasteiger charge is 2.19. The second kappa shape index (κ2) is 5.58. The summed E-state index contributed by atoms with van der Waals surface area (Å²) in [7, 11) is 0. The number of aryl methyl sites for hydroxylation is 1. The minimum Gasteiger partial charge on any atom is -0.478 e. The molecule has 0 spiro atoms. The summed E-state index contributed by atoms with van der Waals surface area (Å²) in [6.45, 7) is 1.91. The number of nitrogens with zero attached hydrogens (tertiary/aromatic N) is 1. The second-order valence-corrected chi connectivity index (χ2v) is 6.82. The van der Waals surface area contributed by atoms with Crippen LogP contribution < -0.4 is 4.90 Å². The molecular formula is C15H14BrNO2S. The van der Waals surface area contributed by atoms with E-state index in [2.05, 4.69) is 32.3 Å². The van der Waals surface area contributed by atoms with E-state index < -0.39 is 5.97 Å². The minimum atomic E-state index is -0.855. The molecule has 0 bridgehead atoms. The number of hydrogen-bond donors (Lipinski definition) is 1. The molecule has 0 radical (unpaired) electrons. The van der Waals surface area contributed by atoms with Crippen LogP contribution in [0.1, 0.15) is 27.2 Å². The van der Waals surface area contributed by atoms with Crippen LogP contribution in [0, 0.1) is 0 Å². The third-order valence-electron chi connectivity index (χ3n) is 3.51. The Hall–Kier alpha value is -1.33. The number of rotatable bonds is 3. The normalized spacial score (nSPS) is 14.2. The summed E-state index contributed by atoms with van der Waals surface area (Å²) in [5, 5.41) is 11.2. The highest BCUT2D eigenvalue weighted by Crippen LogP contribution is 2.31. The average Bonchev–Trinajstić information content (AvgIpc) is 2.84. The van der Waals surface area contributed by atoms with Gasteiger partial charge in [0.1, 0.15) is 0 Å². The van der Waals surface area contributed by atoms with Crippen LogP contribution in [0.3, 0.4) is 0 Å². The van der Waals surface area contributed by atoms with E-state index in [1.165, 1.54) is 10.6 Å². The predicted octanol–water partition coefficient (Wildman–Crippen LogP) is 4.16. The first-order chi connectivity index (χ1) is 9.63. The van der Waals surface area contributed by atoms with Gasteiger partial charge in [-0.25, -0.2) is 4.79 Å². The first-order valence-electron chi connectivity index (χ1n) is 6.47. The van der Waals surface area contributed by atoms with Crippen molar-refractivity contribution in [2.24, 2.45) is 0 Å². The van der Waals surface area contributed by atoms with Gasteiger partial charge in [0.15, 0.2) is 0 Å². The lowest BCUT2D eigenvalue weighted by Crippen LogP contribution is -2.28. The molecule has 0 fully saturated rings. The number of halogens is 1. The van der Waals surface area contributed by atoms with Crippen molar-refractivity contribution in [2.45, 2.75) is 19.4 Å². The van der Waals surface area contributed by atoms with E-state index in [1.807, 2.05) is 12.1 Å². The third kappa shape index (κ3) is 2.74. The number of carbonyl (C=O) groups is 1. The number of thiophene rings is 1. The molecule has 3 rings (SSSR count). The smallest absolute Gasteiger partial charge is 0.335 e. The molecule has 1 aromatic heterocycles. The van der Waals surface area contributed by atoms with E-state index in [9.17, 15) is 4.79 Å². The van der Waals surface area contributed by atoms with Crippen LogP contribution in [-0.4, -0.2) is 17.6 Å². The number of fused-ring (bicyclic) bond motifs is 1. The molecule has 5 heteroatoms. The lowest BCUT2D eigenvalue weighted by atomic mass is 9.99. The van der Waals surface area contributed by atoms with Gasteiger partial charge in [-0.1, -0.05) is 0 Å². The van der Waals surface area contributed by atoms with Crippen LogP contribution in [-0.2, 0) is 13.0 Å². The second-order valence-electron chi connectivity index (χ2n) is 4.90. The van der Waals surface area contributed by atoms with E-state index in [4.69, 9.17) is 5.11 Å². The molecule has 2 heterocycles. The number of carboxylic acids is 1. The molecular weight excluding hydrogens is 338 g/mol. The Labute approximate surface area is 130 Å². The van der Waals surface area contributed by atoms with Crippen molar-refractivity contribution in [2.75, 3.05) is 11.4 Å². The van der Waals surface area contributed by atoms with Gasteiger partial charge in [0, 0.05) is 27.0 Å². The lowest BCUT2D eigenvalue weighted by Gasteiger charge is -2.31. The molecule has 0 atom stereocenters. The molecule has 104 valence electrons. The molecule has 3 nitrogen and oxygen atoms in total. The molecule has 1 aromatic carbocycles. The lowest BCUT2D eigenvalue weighted by molar-refractivity contribution is 0.0697. The monoisotopic (exact) mass is 351 g/mol. The van der Waals surface area contributed by atoms with Crippen LogP contribution in [0.5, 0.6) is 0 Å². The molecule has 1 aliphatic heterocycles. The average molecular weight is 352 g/mol. The molecule has 0 amide bonds. The van der Waals surface area contributed by atoms with E-state index in [-0.39, 0.29) is 0 Å². The largest absolute Gasteiger partial charge is 0.478 e. The maximum Gasteiger partial charge on any atom is 0.335 e. The number of carboxylic acid groups (broad SMARTS) is 1. The Bertz CT molecular complexity index is 653. The standard InChI is InChI=1S/C15H14BrNO2S/c16-12-7-13(20-9-12)8-17-5-1-2-10-6-11(15(18)19)3-4-14(10)17/h3-4,6-7,9H,1-2,5,8H2,(H,18,19). The fraction of sp³-hybridized carbons (Fsp3) is 0.267. The van der Waals surface area contributed by atoms with Gasteiger partial charge in [-0.15, -0.1) is 11.3 Å². The maximum atomic E-state index is 11.0. The van der Waals surface area contributed by atoms with E-state index >= 15 is 0 Å². The number of hydrogen-bond acceptors (Lipinski definition) is 3. The highest BCUT2D eigenvalue weighted by atomic mass is 79.9. The van der Waals surface area contributed by atoms with Gasteiger partial charge in [-0.3, -0.25) is 0 Å². The van der Waals surface area contributed by atoms with Crippen molar-refractivity contribution in [3.63, 3.8) is 0 Å². The molecule has 2 aromatic rings. The van der Waals surface area contributed by atoms with Crippen LogP contribution in [0.4, 0.5) is 5.69 Å². The summed E-state index contributed by atoms with van der Waals surface area (Å²) in [5.74, 6) is -0.855. The SMILES string of the molecule is O=C(O)c1ccc2c(c1)CCCN2Cc1cc(Br)cs1. The van der Waals surface area contributed by atoms with Crippen LogP contribution in [0.2, 0.25) is 0 Å². The zero-order chi connectivity index (χ0) is 14.1. The zero-order valence-corrected chi connectivity index (χ0v) is 13.2. The van der Waals surface area contributed by atoms with Crippen LogP contribution in [0.15, 0.2) is 34.1 Å². The van der Waals surface area contributed by atoms with Crippen molar-refractivity contribution in [1.82, 2.24) is 0 Å². The van der Waals surface area contributed by atoms with Crippen molar-refractivity contribution in [3.05, 3.63) is 50.1 Å². The third-order valence-corrected chi connectivity index (χ3v) is 5.19. The molecule has 0 saturated heterocycles.